The van der Waals surface area contributed by atoms with Crippen molar-refractivity contribution in [2.24, 2.45) is 0 Å². The van der Waals surface area contributed by atoms with Crippen molar-refractivity contribution < 1.29 is 47.8 Å². The molecule has 0 saturated carbocycles. The Hall–Kier alpha value is -2.08. The zero-order chi connectivity index (χ0) is 23.1. The fourth-order valence-corrected chi connectivity index (χ4v) is 3.68. The number of aryl methyl sites for hydroxylation is 1. The van der Waals surface area contributed by atoms with E-state index < -0.39 is 60.8 Å². The van der Waals surface area contributed by atoms with E-state index in [1.165, 1.54) is 18.2 Å². The van der Waals surface area contributed by atoms with Gasteiger partial charge in [0.05, 0.1) is 12.2 Å². The van der Waals surface area contributed by atoms with Gasteiger partial charge in [-0.3, -0.25) is 0 Å². The average Bonchev–Trinajstić information content (AvgIpc) is 2.70. The topological polar surface area (TPSA) is 110 Å². The number of aliphatic hydroxyl groups is 5. The molecule has 0 amide bonds. The van der Waals surface area contributed by atoms with E-state index in [0.717, 1.165) is 12.1 Å². The summed E-state index contributed by atoms with van der Waals surface area (Å²) in [6, 6.07) is 6.37. The lowest BCUT2D eigenvalue weighted by atomic mass is 9.87. The van der Waals surface area contributed by atoms with Gasteiger partial charge in [0.1, 0.15) is 42.4 Å². The molecule has 31 heavy (non-hydrogen) atoms. The highest BCUT2D eigenvalue weighted by molar-refractivity contribution is 5.66. The maximum absolute atomic E-state index is 13.7. The molecule has 6 nitrogen and oxygen atoms in total. The highest BCUT2D eigenvalue weighted by Gasteiger charge is 2.46. The van der Waals surface area contributed by atoms with Crippen LogP contribution in [-0.2, 0) is 10.9 Å². The Balaban J connectivity index is 1.92. The summed E-state index contributed by atoms with van der Waals surface area (Å²) in [5, 5.41) is 49.9. The highest BCUT2D eigenvalue weighted by Crippen LogP contribution is 2.36. The van der Waals surface area contributed by atoms with E-state index in [2.05, 4.69) is 0 Å². The van der Waals surface area contributed by atoms with Crippen molar-refractivity contribution in [3.63, 3.8) is 0 Å². The maximum atomic E-state index is 13.7. The molecule has 6 atom stereocenters. The minimum atomic E-state index is -4.72. The van der Waals surface area contributed by atoms with Crippen LogP contribution in [0.1, 0.15) is 22.8 Å². The molecule has 170 valence electrons. The molecule has 1 fully saturated rings. The predicted molar refractivity (Wildman–Crippen MR) is 100 cm³/mol. The first-order chi connectivity index (χ1) is 14.4. The van der Waals surface area contributed by atoms with Gasteiger partial charge in [0.2, 0.25) is 0 Å². The lowest BCUT2D eigenvalue weighted by Crippen LogP contribution is -2.59. The monoisotopic (exact) mass is 446 g/mol. The van der Waals surface area contributed by atoms with Gasteiger partial charge in [-0.15, -0.1) is 0 Å². The van der Waals surface area contributed by atoms with Gasteiger partial charge in [-0.25, -0.2) is 4.39 Å². The molecule has 0 aromatic heterocycles. The number of hydrogen-bond donors (Lipinski definition) is 5. The Morgan fingerprint density at radius 3 is 2.23 bits per heavy atom. The Morgan fingerprint density at radius 2 is 1.65 bits per heavy atom. The lowest BCUT2D eigenvalue weighted by Gasteiger charge is -2.42. The first-order valence-electron chi connectivity index (χ1n) is 9.41. The second kappa shape index (κ2) is 8.81. The third-order valence-electron chi connectivity index (χ3n) is 5.39. The van der Waals surface area contributed by atoms with Crippen LogP contribution in [0.3, 0.4) is 0 Å². The second-order valence-electron chi connectivity index (χ2n) is 7.54. The van der Waals surface area contributed by atoms with Crippen LogP contribution in [0.4, 0.5) is 17.6 Å². The molecule has 3 unspecified atom stereocenters. The summed E-state index contributed by atoms with van der Waals surface area (Å²) in [6.07, 6.45) is -13.7. The maximum Gasteiger partial charge on any atom is 0.416 e. The Morgan fingerprint density at radius 1 is 0.968 bits per heavy atom. The molecule has 2 aromatic carbocycles. The quantitative estimate of drug-likeness (QED) is 0.458. The average molecular weight is 446 g/mol. The van der Waals surface area contributed by atoms with Gasteiger partial charge in [0.15, 0.2) is 0 Å². The molecule has 10 heteroatoms. The smallest absolute Gasteiger partial charge is 0.394 e. The summed E-state index contributed by atoms with van der Waals surface area (Å²) in [5.41, 5.74) is -0.234. The third-order valence-corrected chi connectivity index (χ3v) is 5.39. The number of hydrogen-bond acceptors (Lipinski definition) is 6. The minimum Gasteiger partial charge on any atom is -0.394 e. The number of rotatable bonds is 4. The summed E-state index contributed by atoms with van der Waals surface area (Å²) in [6.45, 7) is 0.892. The summed E-state index contributed by atoms with van der Waals surface area (Å²) in [5.74, 6) is -1.05. The summed E-state index contributed by atoms with van der Waals surface area (Å²) < 4.78 is 58.0. The van der Waals surface area contributed by atoms with Crippen LogP contribution >= 0.6 is 0 Å². The van der Waals surface area contributed by atoms with Crippen molar-refractivity contribution in [3.8, 4) is 11.1 Å². The van der Waals surface area contributed by atoms with Crippen LogP contribution in [-0.4, -0.2) is 62.7 Å². The van der Waals surface area contributed by atoms with Crippen LogP contribution < -0.4 is 0 Å². The van der Waals surface area contributed by atoms with Gasteiger partial charge in [-0.05, 0) is 47.4 Å². The van der Waals surface area contributed by atoms with E-state index in [-0.39, 0.29) is 16.7 Å². The van der Waals surface area contributed by atoms with Crippen molar-refractivity contribution in [2.75, 3.05) is 6.61 Å². The standard InChI is InChI=1S/C21H22F4O6/c1-9-4-10(11-5-12(21(23,24)25)7-13(22)6-11)2-3-14(9)16(27)20-19(30)18(29)17(28)15(8-26)31-20/h2-7,15-20,26-30H,8H2,1H3/t15?,16-,17-,18?,19?,20-/m1/s1. The number of aliphatic hydroxyl groups excluding tert-OH is 5. The fourth-order valence-electron chi connectivity index (χ4n) is 3.68. The number of halogens is 4. The molecule has 3 rings (SSSR count). The van der Waals surface area contributed by atoms with E-state index in [9.17, 15) is 43.1 Å². The molecule has 0 spiro atoms. The van der Waals surface area contributed by atoms with Crippen LogP contribution in [0, 0.1) is 12.7 Å². The lowest BCUT2D eigenvalue weighted by molar-refractivity contribution is -0.250. The van der Waals surface area contributed by atoms with Gasteiger partial charge in [0.25, 0.3) is 0 Å². The Bertz CT molecular complexity index is 933. The van der Waals surface area contributed by atoms with Crippen molar-refractivity contribution in [1.82, 2.24) is 0 Å². The third kappa shape index (κ3) is 4.74. The molecular formula is C21H22F4O6. The number of ether oxygens (including phenoxy) is 1. The molecule has 2 aromatic rings. The zero-order valence-corrected chi connectivity index (χ0v) is 16.3. The van der Waals surface area contributed by atoms with Crippen LogP contribution in [0.5, 0.6) is 0 Å². The van der Waals surface area contributed by atoms with Gasteiger partial charge in [0, 0.05) is 0 Å². The van der Waals surface area contributed by atoms with E-state index in [4.69, 9.17) is 4.74 Å². The molecule has 1 heterocycles. The van der Waals surface area contributed by atoms with Gasteiger partial charge in [-0.1, -0.05) is 18.2 Å². The second-order valence-corrected chi connectivity index (χ2v) is 7.54. The molecule has 0 aliphatic carbocycles. The van der Waals surface area contributed by atoms with E-state index in [1.54, 1.807) is 6.92 Å². The molecule has 5 N–H and O–H groups in total. The van der Waals surface area contributed by atoms with Crippen LogP contribution in [0.15, 0.2) is 36.4 Å². The molecule has 0 radical (unpaired) electrons. The number of benzene rings is 2. The normalized spacial score (nSPS) is 27.9. The minimum absolute atomic E-state index is 0.00990. The summed E-state index contributed by atoms with van der Waals surface area (Å²) in [4.78, 5) is 0. The van der Waals surface area contributed by atoms with E-state index >= 15 is 0 Å². The van der Waals surface area contributed by atoms with Gasteiger partial charge in [-0.2, -0.15) is 13.2 Å². The van der Waals surface area contributed by atoms with E-state index in [0.29, 0.717) is 11.6 Å². The van der Waals surface area contributed by atoms with Crippen molar-refractivity contribution >= 4 is 0 Å². The SMILES string of the molecule is Cc1cc(-c2cc(F)cc(C(F)(F)F)c2)ccc1[C@@H](O)[C@H]1OC(CO)[C@@H](O)C(O)C1O. The van der Waals surface area contributed by atoms with Gasteiger partial charge < -0.3 is 30.3 Å². The molecule has 1 aliphatic rings. The first-order valence-corrected chi connectivity index (χ1v) is 9.41. The van der Waals surface area contributed by atoms with E-state index in [1.807, 2.05) is 0 Å². The molecule has 1 aliphatic heterocycles. The fraction of sp³-hybridized carbons (Fsp3) is 0.429. The Labute approximate surface area is 175 Å². The molecule has 1 saturated heterocycles. The van der Waals surface area contributed by atoms with Crippen molar-refractivity contribution in [1.29, 1.82) is 0 Å². The Kier molecular flexibility index (Phi) is 6.70. The first kappa shape index (κ1) is 23.6. The van der Waals surface area contributed by atoms with Crippen LogP contribution in [0.2, 0.25) is 0 Å². The van der Waals surface area contributed by atoms with Crippen molar-refractivity contribution in [2.45, 2.75) is 49.7 Å². The summed E-state index contributed by atoms with van der Waals surface area (Å²) >= 11 is 0. The largest absolute Gasteiger partial charge is 0.416 e. The predicted octanol–water partition coefficient (Wildman–Crippen LogP) is 1.70. The number of alkyl halides is 3. The van der Waals surface area contributed by atoms with Crippen LogP contribution in [0.25, 0.3) is 11.1 Å². The van der Waals surface area contributed by atoms with Gasteiger partial charge >= 0.3 is 6.18 Å². The molecular weight excluding hydrogens is 424 g/mol. The highest BCUT2D eigenvalue weighted by atomic mass is 19.4. The zero-order valence-electron chi connectivity index (χ0n) is 16.3. The summed E-state index contributed by atoms with van der Waals surface area (Å²) in [7, 11) is 0. The molecule has 0 bridgehead atoms. The van der Waals surface area contributed by atoms with Crippen molar-refractivity contribution in [3.05, 3.63) is 58.9 Å².